The molecule has 0 N–H and O–H groups in total. The van der Waals surface area contributed by atoms with Crippen molar-refractivity contribution in [3.63, 3.8) is 0 Å². The van der Waals surface area contributed by atoms with E-state index < -0.39 is 0 Å². The lowest BCUT2D eigenvalue weighted by Gasteiger charge is -2.18. The first-order valence-electron chi connectivity index (χ1n) is 8.86. The molecule has 0 unspecified atom stereocenters. The molecule has 0 aliphatic heterocycles. The zero-order chi connectivity index (χ0) is 18.8. The van der Waals surface area contributed by atoms with E-state index in [-0.39, 0.29) is 0 Å². The predicted octanol–water partition coefficient (Wildman–Crippen LogP) is 5.87. The molecule has 0 radical (unpaired) electrons. The standard InChI is InChI=1S/C24H26O2/c1-15-11-20(12-16(2)23(15)25-5)22(19-9-7-8-10-19)21-13-17(3)24(26-6)18(4)14-21/h7-14H,1-6H3. The Bertz CT molecular complexity index is 821. The lowest BCUT2D eigenvalue weighted by Crippen LogP contribution is -1.99. The van der Waals surface area contributed by atoms with Crippen LogP contribution in [0.5, 0.6) is 11.5 Å². The van der Waals surface area contributed by atoms with Gasteiger partial charge in [0.15, 0.2) is 0 Å². The fourth-order valence-corrected chi connectivity index (χ4v) is 3.87. The molecule has 0 spiro atoms. The third kappa shape index (κ3) is 3.20. The quantitative estimate of drug-likeness (QED) is 0.690. The summed E-state index contributed by atoms with van der Waals surface area (Å²) in [6.45, 7) is 8.40. The summed E-state index contributed by atoms with van der Waals surface area (Å²) in [5.41, 5.74) is 9.45. The molecule has 3 rings (SSSR count). The molecule has 2 nitrogen and oxygen atoms in total. The Morgan fingerprint density at radius 2 is 0.962 bits per heavy atom. The zero-order valence-electron chi connectivity index (χ0n) is 16.4. The molecule has 0 fully saturated rings. The minimum Gasteiger partial charge on any atom is -0.496 e. The van der Waals surface area contributed by atoms with Gasteiger partial charge in [0.2, 0.25) is 0 Å². The third-order valence-corrected chi connectivity index (χ3v) is 4.86. The van der Waals surface area contributed by atoms with Crippen molar-refractivity contribution in [1.29, 1.82) is 0 Å². The highest BCUT2D eigenvalue weighted by Crippen LogP contribution is 2.37. The summed E-state index contributed by atoms with van der Waals surface area (Å²) in [5, 5.41) is 0. The number of allylic oxidation sites excluding steroid dienone is 5. The first kappa shape index (κ1) is 18.1. The number of ether oxygens (including phenoxy) is 2. The highest BCUT2D eigenvalue weighted by atomic mass is 16.5. The highest BCUT2D eigenvalue weighted by molar-refractivity contribution is 5.87. The van der Waals surface area contributed by atoms with E-state index in [0.717, 1.165) is 33.8 Å². The van der Waals surface area contributed by atoms with Crippen molar-refractivity contribution in [2.75, 3.05) is 14.2 Å². The topological polar surface area (TPSA) is 18.5 Å². The highest BCUT2D eigenvalue weighted by Gasteiger charge is 2.16. The van der Waals surface area contributed by atoms with Crippen molar-refractivity contribution in [1.82, 2.24) is 0 Å². The Kier molecular flexibility index (Phi) is 5.03. The van der Waals surface area contributed by atoms with E-state index in [1.807, 2.05) is 0 Å². The van der Waals surface area contributed by atoms with Crippen LogP contribution in [-0.4, -0.2) is 14.2 Å². The molecule has 134 valence electrons. The third-order valence-electron chi connectivity index (χ3n) is 4.86. The number of hydrogen-bond donors (Lipinski definition) is 0. The molecule has 26 heavy (non-hydrogen) atoms. The summed E-state index contributed by atoms with van der Waals surface area (Å²) >= 11 is 0. The van der Waals surface area contributed by atoms with Gasteiger partial charge in [0.25, 0.3) is 0 Å². The van der Waals surface area contributed by atoms with Gasteiger partial charge in [-0.25, -0.2) is 0 Å². The molecule has 0 aromatic heterocycles. The van der Waals surface area contributed by atoms with E-state index in [4.69, 9.17) is 9.47 Å². The van der Waals surface area contributed by atoms with Crippen LogP contribution in [-0.2, 0) is 0 Å². The van der Waals surface area contributed by atoms with Crippen LogP contribution in [0.1, 0.15) is 33.4 Å². The molecular formula is C24H26O2. The van der Waals surface area contributed by atoms with Gasteiger partial charge in [-0.2, -0.15) is 0 Å². The molecule has 1 aliphatic carbocycles. The maximum absolute atomic E-state index is 5.55. The fraction of sp³-hybridized carbons (Fsp3) is 0.250. The van der Waals surface area contributed by atoms with E-state index in [9.17, 15) is 0 Å². The van der Waals surface area contributed by atoms with Crippen LogP contribution in [0.3, 0.4) is 0 Å². The molecule has 0 heterocycles. The summed E-state index contributed by atoms with van der Waals surface area (Å²) < 4.78 is 11.1. The summed E-state index contributed by atoms with van der Waals surface area (Å²) in [6, 6.07) is 8.85. The molecular weight excluding hydrogens is 320 g/mol. The first-order chi connectivity index (χ1) is 12.5. The second-order valence-electron chi connectivity index (χ2n) is 6.84. The molecule has 0 amide bonds. The molecule has 2 heteroatoms. The second-order valence-corrected chi connectivity index (χ2v) is 6.84. The van der Waals surface area contributed by atoms with Gasteiger partial charge in [-0.15, -0.1) is 0 Å². The summed E-state index contributed by atoms with van der Waals surface area (Å²) in [5.74, 6) is 1.91. The second kappa shape index (κ2) is 7.25. The van der Waals surface area contributed by atoms with Gasteiger partial charge in [-0.3, -0.25) is 0 Å². The largest absolute Gasteiger partial charge is 0.496 e. The summed E-state index contributed by atoms with van der Waals surface area (Å²) in [6.07, 6.45) is 8.50. The smallest absolute Gasteiger partial charge is 0.124 e. The molecule has 2 aromatic carbocycles. The van der Waals surface area contributed by atoms with Gasteiger partial charge in [-0.05, 0) is 96.5 Å². The van der Waals surface area contributed by atoms with Gasteiger partial charge in [0.05, 0.1) is 14.2 Å². The Labute approximate surface area is 156 Å². The van der Waals surface area contributed by atoms with Crippen LogP contribution in [0.2, 0.25) is 0 Å². The van der Waals surface area contributed by atoms with Gasteiger partial charge in [-0.1, -0.05) is 24.3 Å². The number of aryl methyl sites for hydroxylation is 4. The molecule has 0 bridgehead atoms. The van der Waals surface area contributed by atoms with Gasteiger partial charge < -0.3 is 9.47 Å². The normalized spacial score (nSPS) is 12.6. The van der Waals surface area contributed by atoms with Crippen molar-refractivity contribution in [3.05, 3.63) is 87.5 Å². The monoisotopic (exact) mass is 346 g/mol. The van der Waals surface area contributed by atoms with Crippen LogP contribution in [0, 0.1) is 27.7 Å². The van der Waals surface area contributed by atoms with Crippen molar-refractivity contribution < 1.29 is 9.47 Å². The number of rotatable bonds is 4. The SMILES string of the molecule is COc1c(C)cc(C(=C2C=CC=C2)c2cc(C)c(OC)c(C)c2)cc1C. The lowest BCUT2D eigenvalue weighted by molar-refractivity contribution is 0.408. The average molecular weight is 346 g/mol. The van der Waals surface area contributed by atoms with E-state index in [1.54, 1.807) is 14.2 Å². The Hall–Kier alpha value is -2.74. The van der Waals surface area contributed by atoms with Crippen LogP contribution < -0.4 is 9.47 Å². The maximum atomic E-state index is 5.55. The van der Waals surface area contributed by atoms with Crippen LogP contribution in [0.25, 0.3) is 5.57 Å². The van der Waals surface area contributed by atoms with Gasteiger partial charge in [0.1, 0.15) is 11.5 Å². The minimum atomic E-state index is 0.956. The fourth-order valence-electron chi connectivity index (χ4n) is 3.87. The van der Waals surface area contributed by atoms with Gasteiger partial charge in [0, 0.05) is 0 Å². The van der Waals surface area contributed by atoms with Crippen LogP contribution in [0.4, 0.5) is 0 Å². The lowest BCUT2D eigenvalue weighted by atomic mass is 9.89. The Balaban J connectivity index is 2.26. The van der Waals surface area contributed by atoms with E-state index >= 15 is 0 Å². The molecule has 2 aromatic rings. The predicted molar refractivity (Wildman–Crippen MR) is 109 cm³/mol. The number of benzene rings is 2. The maximum Gasteiger partial charge on any atom is 0.124 e. The molecule has 1 aliphatic rings. The van der Waals surface area contributed by atoms with Crippen molar-refractivity contribution in [3.8, 4) is 11.5 Å². The minimum absolute atomic E-state index is 0.956. The van der Waals surface area contributed by atoms with Crippen LogP contribution >= 0.6 is 0 Å². The first-order valence-corrected chi connectivity index (χ1v) is 8.86. The summed E-state index contributed by atoms with van der Waals surface area (Å²) in [4.78, 5) is 0. The van der Waals surface area contributed by atoms with Crippen molar-refractivity contribution in [2.24, 2.45) is 0 Å². The molecule has 0 saturated carbocycles. The number of methoxy groups -OCH3 is 2. The van der Waals surface area contributed by atoms with E-state index in [2.05, 4.69) is 76.3 Å². The molecule has 0 atom stereocenters. The molecule has 0 saturated heterocycles. The van der Waals surface area contributed by atoms with Crippen LogP contribution in [0.15, 0.2) is 54.1 Å². The van der Waals surface area contributed by atoms with E-state index in [1.165, 1.54) is 22.3 Å². The Morgan fingerprint density at radius 3 is 1.27 bits per heavy atom. The Morgan fingerprint density at radius 1 is 0.615 bits per heavy atom. The number of hydrogen-bond acceptors (Lipinski definition) is 2. The van der Waals surface area contributed by atoms with Crippen molar-refractivity contribution in [2.45, 2.75) is 27.7 Å². The van der Waals surface area contributed by atoms with Crippen molar-refractivity contribution >= 4 is 5.57 Å². The zero-order valence-corrected chi connectivity index (χ0v) is 16.4. The van der Waals surface area contributed by atoms with E-state index in [0.29, 0.717) is 0 Å². The summed E-state index contributed by atoms with van der Waals surface area (Å²) in [7, 11) is 3.46. The van der Waals surface area contributed by atoms with Gasteiger partial charge >= 0.3 is 0 Å². The average Bonchev–Trinajstić information content (AvgIpc) is 3.09.